The fourth-order valence-corrected chi connectivity index (χ4v) is 3.48. The van der Waals surface area contributed by atoms with Crippen molar-refractivity contribution in [2.45, 2.75) is 71.6 Å². The highest BCUT2D eigenvalue weighted by molar-refractivity contribution is 7.12. The van der Waals surface area contributed by atoms with Gasteiger partial charge in [-0.15, -0.1) is 11.3 Å². The van der Waals surface area contributed by atoms with Crippen molar-refractivity contribution in [3.8, 4) is 0 Å². The number of carboxylic acids is 1. The molecule has 1 aromatic rings. The number of thiophene rings is 1. The number of carboxylic acid groups (broad SMARTS) is 1. The Morgan fingerprint density at radius 1 is 1.21 bits per heavy atom. The largest absolute Gasteiger partial charge is 0.481 e. The van der Waals surface area contributed by atoms with E-state index in [1.54, 1.807) is 11.3 Å². The van der Waals surface area contributed by atoms with Crippen molar-refractivity contribution in [2.24, 2.45) is 0 Å². The van der Waals surface area contributed by atoms with Crippen molar-refractivity contribution in [2.75, 3.05) is 0 Å². The minimum Gasteiger partial charge on any atom is -0.481 e. The summed E-state index contributed by atoms with van der Waals surface area (Å²) in [6.45, 7) is 14.9. The highest BCUT2D eigenvalue weighted by Gasteiger charge is 2.31. The lowest BCUT2D eigenvalue weighted by Crippen LogP contribution is -2.17. The van der Waals surface area contributed by atoms with E-state index in [0.717, 1.165) is 5.56 Å². The number of carbonyl (C=O) groups is 1. The summed E-state index contributed by atoms with van der Waals surface area (Å²) in [5.74, 6) is -1.10. The van der Waals surface area contributed by atoms with Crippen LogP contribution < -0.4 is 0 Å². The van der Waals surface area contributed by atoms with Gasteiger partial charge in [-0.05, 0) is 28.9 Å². The van der Waals surface area contributed by atoms with Crippen LogP contribution in [0, 0.1) is 0 Å². The topological polar surface area (TPSA) is 37.3 Å². The zero-order valence-corrected chi connectivity index (χ0v) is 13.9. The van der Waals surface area contributed by atoms with E-state index in [1.165, 1.54) is 9.75 Å². The molecule has 0 aromatic carbocycles. The third-order valence-corrected chi connectivity index (χ3v) is 5.27. The van der Waals surface area contributed by atoms with Crippen LogP contribution in [0.15, 0.2) is 6.07 Å². The Kier molecular flexibility index (Phi) is 4.51. The molecule has 1 N–H and O–H groups in total. The summed E-state index contributed by atoms with van der Waals surface area (Å²) in [5.41, 5.74) is 1.07. The van der Waals surface area contributed by atoms with E-state index in [4.69, 9.17) is 0 Å². The van der Waals surface area contributed by atoms with Crippen LogP contribution >= 0.6 is 11.3 Å². The predicted octanol–water partition coefficient (Wildman–Crippen LogP) is 4.92. The molecule has 1 atom stereocenters. The molecule has 1 unspecified atom stereocenters. The van der Waals surface area contributed by atoms with Crippen LogP contribution in [0.5, 0.6) is 0 Å². The van der Waals surface area contributed by atoms with Crippen molar-refractivity contribution in [3.05, 3.63) is 21.4 Å². The van der Waals surface area contributed by atoms with E-state index in [1.807, 2.05) is 6.92 Å². The first-order chi connectivity index (χ1) is 8.48. The Morgan fingerprint density at radius 2 is 1.74 bits per heavy atom. The predicted molar refractivity (Wildman–Crippen MR) is 82.4 cm³/mol. The van der Waals surface area contributed by atoms with Crippen LogP contribution in [0.1, 0.15) is 76.1 Å². The molecule has 1 rings (SSSR count). The van der Waals surface area contributed by atoms with E-state index >= 15 is 0 Å². The molecular weight excluding hydrogens is 256 g/mol. The smallest absolute Gasteiger partial charge is 0.311 e. The normalized spacial score (nSPS) is 14.5. The van der Waals surface area contributed by atoms with Crippen molar-refractivity contribution < 1.29 is 9.90 Å². The fourth-order valence-electron chi connectivity index (χ4n) is 2.15. The maximum atomic E-state index is 11.5. The Hall–Kier alpha value is -0.830. The van der Waals surface area contributed by atoms with E-state index < -0.39 is 5.97 Å². The van der Waals surface area contributed by atoms with Gasteiger partial charge in [0, 0.05) is 9.75 Å². The van der Waals surface area contributed by atoms with Gasteiger partial charge in [-0.2, -0.15) is 0 Å². The Morgan fingerprint density at radius 3 is 2.05 bits per heavy atom. The quantitative estimate of drug-likeness (QED) is 0.854. The first kappa shape index (κ1) is 16.2. The molecular formula is C16H26O2S. The summed E-state index contributed by atoms with van der Waals surface area (Å²) < 4.78 is 0. The molecule has 0 saturated heterocycles. The van der Waals surface area contributed by atoms with Gasteiger partial charge in [-0.25, -0.2) is 0 Å². The Labute approximate surface area is 120 Å². The first-order valence-corrected chi connectivity index (χ1v) is 7.67. The second kappa shape index (κ2) is 5.28. The van der Waals surface area contributed by atoms with E-state index in [-0.39, 0.29) is 16.7 Å². The molecule has 2 nitrogen and oxygen atoms in total. The molecule has 19 heavy (non-hydrogen) atoms. The standard InChI is InChI=1S/C16H26O2S/c1-8-10(14(17)18)11-9-12(15(2,3)4)19-13(11)16(5,6)7/h9-10H,8H2,1-7H3,(H,17,18). The maximum Gasteiger partial charge on any atom is 0.311 e. The SMILES string of the molecule is CCC(C(=O)O)c1cc(C(C)(C)C)sc1C(C)(C)C. The lowest BCUT2D eigenvalue weighted by molar-refractivity contribution is -0.138. The van der Waals surface area contributed by atoms with Crippen molar-refractivity contribution >= 4 is 17.3 Å². The molecule has 0 aliphatic heterocycles. The van der Waals surface area contributed by atoms with Crippen molar-refractivity contribution in [3.63, 3.8) is 0 Å². The van der Waals surface area contributed by atoms with Gasteiger partial charge < -0.3 is 5.11 Å². The second-order valence-corrected chi connectivity index (χ2v) is 8.25. The summed E-state index contributed by atoms with van der Waals surface area (Å²) in [7, 11) is 0. The molecule has 0 saturated carbocycles. The molecule has 0 fully saturated rings. The van der Waals surface area contributed by atoms with Crippen LogP contribution in [0.4, 0.5) is 0 Å². The molecule has 1 heterocycles. The van der Waals surface area contributed by atoms with Crippen molar-refractivity contribution in [1.29, 1.82) is 0 Å². The highest BCUT2D eigenvalue weighted by atomic mass is 32.1. The van der Waals surface area contributed by atoms with Crippen LogP contribution in [0.3, 0.4) is 0 Å². The van der Waals surface area contributed by atoms with Gasteiger partial charge in [0.05, 0.1) is 5.92 Å². The van der Waals surface area contributed by atoms with Gasteiger partial charge in [0.25, 0.3) is 0 Å². The van der Waals surface area contributed by atoms with Gasteiger partial charge >= 0.3 is 5.97 Å². The summed E-state index contributed by atoms with van der Waals surface area (Å²) in [6.07, 6.45) is 0.638. The lowest BCUT2D eigenvalue weighted by Gasteiger charge is -2.21. The van der Waals surface area contributed by atoms with Crippen LogP contribution in [-0.4, -0.2) is 11.1 Å². The molecule has 0 bridgehead atoms. The minimum absolute atomic E-state index is 0.00757. The fraction of sp³-hybridized carbons (Fsp3) is 0.688. The lowest BCUT2D eigenvalue weighted by atomic mass is 9.85. The van der Waals surface area contributed by atoms with Crippen molar-refractivity contribution in [1.82, 2.24) is 0 Å². The van der Waals surface area contributed by atoms with Crippen LogP contribution in [-0.2, 0) is 15.6 Å². The van der Waals surface area contributed by atoms with Crippen LogP contribution in [0.25, 0.3) is 0 Å². The van der Waals surface area contributed by atoms with Gasteiger partial charge in [0.15, 0.2) is 0 Å². The molecule has 0 amide bonds. The number of rotatable bonds is 3. The Bertz CT molecular complexity index is 458. The van der Waals surface area contributed by atoms with E-state index in [2.05, 4.69) is 47.6 Å². The van der Waals surface area contributed by atoms with Gasteiger partial charge in [0.2, 0.25) is 0 Å². The number of hydrogen-bond acceptors (Lipinski definition) is 2. The summed E-state index contributed by atoms with van der Waals surface area (Å²) in [5, 5.41) is 9.43. The molecule has 0 spiro atoms. The average molecular weight is 282 g/mol. The maximum absolute atomic E-state index is 11.5. The molecule has 108 valence electrons. The summed E-state index contributed by atoms with van der Waals surface area (Å²) in [4.78, 5) is 14.0. The summed E-state index contributed by atoms with van der Waals surface area (Å²) >= 11 is 1.77. The molecule has 1 aromatic heterocycles. The van der Waals surface area contributed by atoms with E-state index in [0.29, 0.717) is 6.42 Å². The zero-order chi connectivity index (χ0) is 15.0. The van der Waals surface area contributed by atoms with Gasteiger partial charge in [0.1, 0.15) is 0 Å². The zero-order valence-electron chi connectivity index (χ0n) is 13.1. The summed E-state index contributed by atoms with van der Waals surface area (Å²) in [6, 6.07) is 2.12. The third-order valence-electron chi connectivity index (χ3n) is 3.26. The van der Waals surface area contributed by atoms with E-state index in [9.17, 15) is 9.90 Å². The molecule has 3 heteroatoms. The molecule has 0 aliphatic rings. The second-order valence-electron chi connectivity index (χ2n) is 7.19. The minimum atomic E-state index is -0.716. The van der Waals surface area contributed by atoms with Crippen LogP contribution in [0.2, 0.25) is 0 Å². The first-order valence-electron chi connectivity index (χ1n) is 6.86. The number of aliphatic carboxylic acids is 1. The van der Waals surface area contributed by atoms with Gasteiger partial charge in [-0.3, -0.25) is 4.79 Å². The molecule has 0 radical (unpaired) electrons. The molecule has 0 aliphatic carbocycles. The number of hydrogen-bond donors (Lipinski definition) is 1. The van der Waals surface area contributed by atoms with Gasteiger partial charge in [-0.1, -0.05) is 48.5 Å². The highest BCUT2D eigenvalue weighted by Crippen LogP contribution is 2.42. The monoisotopic (exact) mass is 282 g/mol. The third kappa shape index (κ3) is 3.59. The average Bonchev–Trinajstić information content (AvgIpc) is 2.61. The Balaban J connectivity index is 3.44.